The van der Waals surface area contributed by atoms with Gasteiger partial charge in [0.2, 0.25) is 0 Å². The molecule has 2 heterocycles. The van der Waals surface area contributed by atoms with Crippen LogP contribution < -0.4 is 0 Å². The maximum Gasteiger partial charge on any atom is 0.175 e. The molecule has 8 heteroatoms. The van der Waals surface area contributed by atoms with Crippen LogP contribution in [0.2, 0.25) is 0 Å². The number of ketones is 2. The summed E-state index contributed by atoms with van der Waals surface area (Å²) < 4.78 is 5.31. The first-order valence-corrected chi connectivity index (χ1v) is 17.3. The highest BCUT2D eigenvalue weighted by molar-refractivity contribution is 8.42. The Hall–Kier alpha value is 0.400. The largest absolute Gasteiger partial charge is 0.293 e. The highest BCUT2D eigenvalue weighted by Gasteiger charge is 2.57. The molecule has 1 saturated carbocycles. The molecule has 0 aromatic carbocycles. The number of unbranched alkanes of at least 4 members (excludes halogenated alkanes) is 4. The molecular formula is C25H30O2S6. The smallest absolute Gasteiger partial charge is 0.175 e. The van der Waals surface area contributed by atoms with Gasteiger partial charge in [0.05, 0.1) is 26.8 Å². The van der Waals surface area contributed by atoms with Crippen LogP contribution in [0, 0.1) is 23.7 Å². The summed E-state index contributed by atoms with van der Waals surface area (Å²) in [4.78, 5) is 28.3. The lowest BCUT2D eigenvalue weighted by Gasteiger charge is -2.29. The Labute approximate surface area is 223 Å². The molecule has 3 aliphatic carbocycles. The average molecular weight is 555 g/mol. The van der Waals surface area contributed by atoms with Crippen molar-refractivity contribution in [3.63, 3.8) is 0 Å². The third-order valence-electron chi connectivity index (χ3n) is 6.77. The number of thioether (sulfide) groups is 6. The number of rotatable bonds is 10. The number of carbonyl (C=O) groups is 2. The Morgan fingerprint density at radius 1 is 0.727 bits per heavy atom. The van der Waals surface area contributed by atoms with Gasteiger partial charge >= 0.3 is 0 Å². The first-order valence-electron chi connectivity index (χ1n) is 12.1. The summed E-state index contributed by atoms with van der Waals surface area (Å²) in [5.74, 6) is 3.18. The lowest BCUT2D eigenvalue weighted by Crippen LogP contribution is -2.38. The molecule has 0 amide bonds. The van der Waals surface area contributed by atoms with Crippen molar-refractivity contribution in [3.8, 4) is 0 Å². The van der Waals surface area contributed by atoms with E-state index in [2.05, 4.69) is 26.0 Å². The number of allylic oxidation sites excluding steroid dienone is 4. The average Bonchev–Trinajstić information content (AvgIpc) is 3.60. The fraction of sp³-hybridized carbons (Fsp3) is 0.600. The summed E-state index contributed by atoms with van der Waals surface area (Å²) in [6, 6.07) is 0. The van der Waals surface area contributed by atoms with E-state index in [1.807, 2.05) is 47.0 Å². The van der Waals surface area contributed by atoms with E-state index >= 15 is 0 Å². The number of Topliss-reactive ketones (excluding diaryl/α,β-unsaturated/α-hetero) is 2. The molecule has 2 unspecified atom stereocenters. The van der Waals surface area contributed by atoms with Gasteiger partial charge in [0.15, 0.2) is 11.6 Å². The van der Waals surface area contributed by atoms with Gasteiger partial charge in [-0.25, -0.2) is 0 Å². The molecule has 1 fully saturated rings. The predicted molar refractivity (Wildman–Crippen MR) is 153 cm³/mol. The summed E-state index contributed by atoms with van der Waals surface area (Å²) in [5, 5.41) is 0. The Bertz CT molecular complexity index is 892. The number of hydrogen-bond donors (Lipinski definition) is 0. The summed E-state index contributed by atoms with van der Waals surface area (Å²) >= 11 is 10.9. The minimum Gasteiger partial charge on any atom is -0.293 e. The van der Waals surface area contributed by atoms with Crippen molar-refractivity contribution < 1.29 is 9.59 Å². The molecule has 0 aromatic heterocycles. The van der Waals surface area contributed by atoms with Crippen LogP contribution in [-0.2, 0) is 9.59 Å². The van der Waals surface area contributed by atoms with Gasteiger partial charge in [-0.2, -0.15) is 0 Å². The lowest BCUT2D eigenvalue weighted by atomic mass is 9.74. The second-order valence-electron chi connectivity index (χ2n) is 9.06. The fourth-order valence-electron chi connectivity index (χ4n) is 5.11. The van der Waals surface area contributed by atoms with Gasteiger partial charge in [0.25, 0.3) is 0 Å². The van der Waals surface area contributed by atoms with Crippen LogP contribution in [-0.4, -0.2) is 23.1 Å². The van der Waals surface area contributed by atoms with Crippen molar-refractivity contribution in [2.45, 2.75) is 58.8 Å². The van der Waals surface area contributed by atoms with E-state index in [-0.39, 0.29) is 35.2 Å². The zero-order chi connectivity index (χ0) is 22.9. The van der Waals surface area contributed by atoms with E-state index in [1.54, 1.807) is 23.5 Å². The van der Waals surface area contributed by atoms with Gasteiger partial charge in [-0.1, -0.05) is 98.7 Å². The normalized spacial score (nSPS) is 30.4. The molecule has 5 aliphatic rings. The van der Waals surface area contributed by atoms with Crippen LogP contribution in [0.5, 0.6) is 0 Å². The van der Waals surface area contributed by atoms with Gasteiger partial charge in [0.1, 0.15) is 0 Å². The van der Waals surface area contributed by atoms with Gasteiger partial charge in [0, 0.05) is 11.8 Å². The maximum absolute atomic E-state index is 13.4. The maximum atomic E-state index is 13.4. The summed E-state index contributed by atoms with van der Waals surface area (Å²) in [7, 11) is 0. The van der Waals surface area contributed by atoms with E-state index in [0.717, 1.165) is 20.5 Å². The molecule has 0 radical (unpaired) electrons. The monoisotopic (exact) mass is 554 g/mol. The number of fused-ring (bicyclic) bond motifs is 5. The summed E-state index contributed by atoms with van der Waals surface area (Å²) in [6.45, 7) is 4.51. The van der Waals surface area contributed by atoms with E-state index < -0.39 is 0 Å². The van der Waals surface area contributed by atoms with Crippen LogP contribution >= 0.6 is 70.6 Å². The Balaban J connectivity index is 1.29. The minimum atomic E-state index is -0.0972. The van der Waals surface area contributed by atoms with Gasteiger partial charge in [-0.15, -0.1) is 23.5 Å². The lowest BCUT2D eigenvalue weighted by molar-refractivity contribution is -0.129. The first kappa shape index (κ1) is 25.1. The van der Waals surface area contributed by atoms with Crippen LogP contribution in [0.1, 0.15) is 58.8 Å². The molecule has 0 spiro atoms. The van der Waals surface area contributed by atoms with E-state index in [4.69, 9.17) is 0 Å². The molecule has 0 N–H and O–H groups in total. The minimum absolute atomic E-state index is 0.0972. The molecule has 2 nitrogen and oxygen atoms in total. The van der Waals surface area contributed by atoms with Crippen molar-refractivity contribution in [1.29, 1.82) is 0 Å². The topological polar surface area (TPSA) is 34.1 Å². The van der Waals surface area contributed by atoms with Crippen molar-refractivity contribution in [2.24, 2.45) is 23.7 Å². The molecule has 0 saturated heterocycles. The summed E-state index contributed by atoms with van der Waals surface area (Å²) in [5.41, 5.74) is 0. The Kier molecular flexibility index (Phi) is 8.51. The quantitative estimate of drug-likeness (QED) is 0.196. The third kappa shape index (κ3) is 5.00. The molecule has 5 rings (SSSR count). The van der Waals surface area contributed by atoms with E-state index in [1.165, 1.54) is 62.7 Å². The molecular weight excluding hydrogens is 525 g/mol. The Morgan fingerprint density at radius 2 is 1.18 bits per heavy atom. The molecule has 33 heavy (non-hydrogen) atoms. The van der Waals surface area contributed by atoms with Gasteiger partial charge < -0.3 is 0 Å². The highest BCUT2D eigenvalue weighted by Crippen LogP contribution is 2.66. The van der Waals surface area contributed by atoms with Crippen LogP contribution in [0.25, 0.3) is 0 Å². The predicted octanol–water partition coefficient (Wildman–Crippen LogP) is 8.85. The van der Waals surface area contributed by atoms with Crippen molar-refractivity contribution in [1.82, 2.24) is 0 Å². The molecule has 2 bridgehead atoms. The summed E-state index contributed by atoms with van der Waals surface area (Å²) in [6.07, 6.45) is 13.0. The molecule has 2 aliphatic heterocycles. The first-order chi connectivity index (χ1) is 16.1. The van der Waals surface area contributed by atoms with Gasteiger partial charge in [-0.05, 0) is 42.6 Å². The van der Waals surface area contributed by atoms with Crippen LogP contribution in [0.15, 0.2) is 38.9 Å². The number of carbonyl (C=O) groups excluding carboxylic acids is 2. The molecule has 4 atom stereocenters. The van der Waals surface area contributed by atoms with Crippen LogP contribution in [0.4, 0.5) is 0 Å². The second-order valence-corrected chi connectivity index (χ2v) is 16.4. The van der Waals surface area contributed by atoms with Gasteiger partial charge in [-0.3, -0.25) is 9.59 Å². The molecule has 0 aromatic rings. The third-order valence-corrected chi connectivity index (χ3v) is 15.6. The van der Waals surface area contributed by atoms with Crippen molar-refractivity contribution in [3.05, 3.63) is 38.9 Å². The van der Waals surface area contributed by atoms with Crippen molar-refractivity contribution in [2.75, 3.05) is 11.5 Å². The Morgan fingerprint density at radius 3 is 1.64 bits per heavy atom. The van der Waals surface area contributed by atoms with Crippen molar-refractivity contribution >= 4 is 82.1 Å². The highest BCUT2D eigenvalue weighted by atomic mass is 32.3. The van der Waals surface area contributed by atoms with E-state index in [9.17, 15) is 9.59 Å². The second kappa shape index (κ2) is 11.2. The zero-order valence-electron chi connectivity index (χ0n) is 19.1. The molecule has 178 valence electrons. The van der Waals surface area contributed by atoms with Crippen LogP contribution in [0.3, 0.4) is 0 Å². The standard InChI is InChI=1S/C25H30O2S6/c1-3-5-7-11-28-22-23(29-12-8-6-4-2)33-25(32-22)24-30-20-18(26)16-14-9-10-15(13-14)17(16)19(27)21(20)31-24/h9-10,14-17H,3-8,11-13H2,1-2H3/t14-,15+,16?,17?. The number of hydrogen-bond acceptors (Lipinski definition) is 8. The fourth-order valence-corrected chi connectivity index (χ4v) is 14.1. The SMILES string of the molecule is CCCCCSC1=C(SCCCCC)SC(=C2SC3=C(S2)C(=O)C2C(C3=O)[C@@H]3C=C[C@H]2C3)S1. The van der Waals surface area contributed by atoms with E-state index in [0.29, 0.717) is 0 Å². The zero-order valence-corrected chi connectivity index (χ0v) is 24.0.